The molecule has 0 aliphatic carbocycles. The molecule has 62 heavy (non-hydrogen) atoms. The maximum atomic E-state index is 8.81. The Morgan fingerprint density at radius 3 is 1.81 bits per heavy atom. The number of benzene rings is 10. The molecule has 0 N–H and O–H groups in total. The van der Waals surface area contributed by atoms with Gasteiger partial charge in [-0.15, -0.1) is 11.3 Å². The minimum absolute atomic E-state index is 0.158. The molecule has 2 heterocycles. The normalized spacial score (nSPS) is 12.8. The van der Waals surface area contributed by atoms with Crippen molar-refractivity contribution in [1.29, 1.82) is 0 Å². The Bertz CT molecular complexity index is 3990. The van der Waals surface area contributed by atoms with Crippen molar-refractivity contribution in [3.8, 4) is 67.5 Å². The molecule has 12 aromatic rings. The molecule has 0 radical (unpaired) electrons. The van der Waals surface area contributed by atoms with Gasteiger partial charge in [0.15, 0.2) is 17.5 Å². The number of aryl methyl sites for hydroxylation is 1. The number of nitrogens with zero attached hydrogens (tertiary/aromatic N) is 3. The van der Waals surface area contributed by atoms with Gasteiger partial charge in [0.1, 0.15) is 0 Å². The summed E-state index contributed by atoms with van der Waals surface area (Å²) in [6, 6.07) is 58.9. The predicted octanol–water partition coefficient (Wildman–Crippen LogP) is 16.0. The number of hydrogen-bond acceptors (Lipinski definition) is 4. The third kappa shape index (κ3) is 6.32. The molecule has 0 saturated carbocycles. The predicted molar refractivity (Wildman–Crippen MR) is 263 cm³/mol. The van der Waals surface area contributed by atoms with Crippen molar-refractivity contribution in [3.05, 3.63) is 212 Å². The summed E-state index contributed by atoms with van der Waals surface area (Å²) < 4.78 is 45.1. The van der Waals surface area contributed by atoms with Crippen molar-refractivity contribution in [3.63, 3.8) is 0 Å². The first kappa shape index (κ1) is 31.1. The second-order valence-corrected chi connectivity index (χ2v) is 16.8. The van der Waals surface area contributed by atoms with Gasteiger partial charge in [-0.1, -0.05) is 158 Å². The Morgan fingerprint density at radius 1 is 0.371 bits per heavy atom. The summed E-state index contributed by atoms with van der Waals surface area (Å²) in [5.41, 5.74) is 8.41. The third-order valence-electron chi connectivity index (χ3n) is 11.8. The zero-order valence-corrected chi connectivity index (χ0v) is 34.3. The van der Waals surface area contributed by atoms with Crippen molar-refractivity contribution in [2.24, 2.45) is 0 Å². The van der Waals surface area contributed by atoms with Crippen molar-refractivity contribution in [2.45, 2.75) is 6.92 Å². The van der Waals surface area contributed by atoms with E-state index in [1.807, 2.05) is 60.7 Å². The minimum atomic E-state index is -0.420. The lowest BCUT2D eigenvalue weighted by Crippen LogP contribution is -2.00. The second-order valence-electron chi connectivity index (χ2n) is 15.7. The van der Waals surface area contributed by atoms with Gasteiger partial charge >= 0.3 is 0 Å². The van der Waals surface area contributed by atoms with E-state index in [0.717, 1.165) is 76.6 Å². The Kier molecular flexibility index (Phi) is 7.40. The summed E-state index contributed by atoms with van der Waals surface area (Å²) in [7, 11) is 0. The van der Waals surface area contributed by atoms with E-state index in [0.29, 0.717) is 23.0 Å². The molecule has 0 spiro atoms. The van der Waals surface area contributed by atoms with Crippen LogP contribution in [0.25, 0.3) is 120 Å². The molecule has 4 heteroatoms. The van der Waals surface area contributed by atoms with Crippen LogP contribution in [0.3, 0.4) is 0 Å². The van der Waals surface area contributed by atoms with Gasteiger partial charge in [0.05, 0.1) is 6.85 Å². The van der Waals surface area contributed by atoms with Gasteiger partial charge < -0.3 is 0 Å². The van der Waals surface area contributed by atoms with E-state index in [9.17, 15) is 0 Å². The maximum Gasteiger partial charge on any atom is 0.164 e. The van der Waals surface area contributed by atoms with Crippen LogP contribution in [0.15, 0.2) is 206 Å². The quantitative estimate of drug-likeness (QED) is 0.157. The van der Waals surface area contributed by atoms with Gasteiger partial charge in [-0.3, -0.25) is 0 Å². The molecule has 0 aliphatic heterocycles. The standard InChI is InChI=1S/C58H37N3S/c1-36-29-47(35-53-52-32-41(37-13-4-2-5-14-37)27-28-54(52)62-55(36)53)58-60-56(59-57(61-58)45-26-25-40-24-23-39-17-8-10-21-48(39)50(40)33-45)44-20-12-19-43(30-44)51-34-46(38-15-6-3-7-16-38)31-42-18-9-11-22-49(42)51/h2-35H,1H3/i3D,6D,7D,15D,16D. The van der Waals surface area contributed by atoms with Crippen LogP contribution < -0.4 is 0 Å². The molecule has 2 aromatic heterocycles. The fraction of sp³-hybridized carbons (Fsp3) is 0.0172. The Hall–Kier alpha value is -7.79. The van der Waals surface area contributed by atoms with Crippen molar-refractivity contribution in [2.75, 3.05) is 0 Å². The SMILES string of the molecule is [2H]c1c([2H])c([2H])c(-c2cc(-c3cccc(-c4nc(-c5ccc6ccc7ccccc7c6c5)nc(-c5cc(C)c6sc7ccc(-c8ccccc8)cc7c6c5)n4)c3)c3ccccc3c2)c([2H])c1[2H]. The first-order chi connectivity index (χ1) is 32.7. The van der Waals surface area contributed by atoms with E-state index >= 15 is 0 Å². The fourth-order valence-corrected chi connectivity index (χ4v) is 9.94. The van der Waals surface area contributed by atoms with Gasteiger partial charge in [-0.2, -0.15) is 0 Å². The molecule has 290 valence electrons. The Labute approximate surface area is 370 Å². The highest BCUT2D eigenvalue weighted by molar-refractivity contribution is 7.26. The van der Waals surface area contributed by atoms with E-state index < -0.39 is 6.04 Å². The van der Waals surface area contributed by atoms with Gasteiger partial charge in [-0.25, -0.2) is 15.0 Å². The Morgan fingerprint density at radius 2 is 0.984 bits per heavy atom. The van der Waals surface area contributed by atoms with Crippen LogP contribution in [-0.4, -0.2) is 15.0 Å². The van der Waals surface area contributed by atoms with Gasteiger partial charge in [-0.05, 0) is 127 Å². The number of aromatic nitrogens is 3. The Balaban J connectivity index is 1.06. The zero-order chi connectivity index (χ0) is 45.5. The summed E-state index contributed by atoms with van der Waals surface area (Å²) in [4.78, 5) is 15.8. The molecular formula is C58H37N3S. The number of rotatable bonds is 6. The average molecular weight is 813 g/mol. The third-order valence-corrected chi connectivity index (χ3v) is 13.2. The molecule has 0 fully saturated rings. The lowest BCUT2D eigenvalue weighted by atomic mass is 9.92. The van der Waals surface area contributed by atoms with Crippen molar-refractivity contribution in [1.82, 2.24) is 15.0 Å². The van der Waals surface area contributed by atoms with Crippen LogP contribution in [0.5, 0.6) is 0 Å². The highest BCUT2D eigenvalue weighted by Gasteiger charge is 2.18. The largest absolute Gasteiger partial charge is 0.208 e. The maximum absolute atomic E-state index is 8.81. The molecule has 0 aliphatic rings. The topological polar surface area (TPSA) is 38.7 Å². The molecule has 3 nitrogen and oxygen atoms in total. The second kappa shape index (κ2) is 14.7. The summed E-state index contributed by atoms with van der Waals surface area (Å²) in [6.45, 7) is 2.16. The summed E-state index contributed by atoms with van der Waals surface area (Å²) in [5, 5.41) is 8.73. The molecule has 0 atom stereocenters. The van der Waals surface area contributed by atoms with E-state index in [1.54, 1.807) is 11.3 Å². The van der Waals surface area contributed by atoms with E-state index in [4.69, 9.17) is 21.8 Å². The number of thiophene rings is 1. The summed E-state index contributed by atoms with van der Waals surface area (Å²) in [5.74, 6) is 1.61. The lowest BCUT2D eigenvalue weighted by Gasteiger charge is -2.13. The number of hydrogen-bond donors (Lipinski definition) is 0. The summed E-state index contributed by atoms with van der Waals surface area (Å²) >= 11 is 1.80. The molecule has 12 rings (SSSR count). The minimum Gasteiger partial charge on any atom is -0.208 e. The van der Waals surface area contributed by atoms with Crippen molar-refractivity contribution >= 4 is 63.8 Å². The van der Waals surface area contributed by atoms with E-state index in [-0.39, 0.29) is 29.7 Å². The highest BCUT2D eigenvalue weighted by Crippen LogP contribution is 2.41. The average Bonchev–Trinajstić information content (AvgIpc) is 3.76. The molecule has 0 unspecified atom stereocenters. The van der Waals surface area contributed by atoms with Crippen LogP contribution in [-0.2, 0) is 0 Å². The lowest BCUT2D eigenvalue weighted by molar-refractivity contribution is 1.07. The molecule has 0 bridgehead atoms. The van der Waals surface area contributed by atoms with Crippen LogP contribution >= 0.6 is 11.3 Å². The molecule has 0 saturated heterocycles. The first-order valence-electron chi connectivity index (χ1n) is 23.1. The summed E-state index contributed by atoms with van der Waals surface area (Å²) in [6.07, 6.45) is 0. The van der Waals surface area contributed by atoms with Gasteiger partial charge in [0.25, 0.3) is 0 Å². The zero-order valence-electron chi connectivity index (χ0n) is 38.5. The van der Waals surface area contributed by atoms with E-state index in [2.05, 4.69) is 122 Å². The fourth-order valence-electron chi connectivity index (χ4n) is 8.81. The van der Waals surface area contributed by atoms with Crippen LogP contribution in [0, 0.1) is 6.92 Å². The molecule has 0 amide bonds. The monoisotopic (exact) mass is 812 g/mol. The molecular weight excluding hydrogens is 771 g/mol. The smallest absolute Gasteiger partial charge is 0.164 e. The van der Waals surface area contributed by atoms with E-state index in [1.165, 1.54) is 20.3 Å². The molecule has 10 aromatic carbocycles. The highest BCUT2D eigenvalue weighted by atomic mass is 32.1. The van der Waals surface area contributed by atoms with Gasteiger partial charge in [0, 0.05) is 36.9 Å². The van der Waals surface area contributed by atoms with Gasteiger partial charge in [0.2, 0.25) is 0 Å². The van der Waals surface area contributed by atoms with Crippen LogP contribution in [0.2, 0.25) is 0 Å². The van der Waals surface area contributed by atoms with Crippen LogP contribution in [0.4, 0.5) is 0 Å². The first-order valence-corrected chi connectivity index (χ1v) is 21.4. The number of fused-ring (bicyclic) bond motifs is 7. The van der Waals surface area contributed by atoms with Crippen molar-refractivity contribution < 1.29 is 6.85 Å². The van der Waals surface area contributed by atoms with Crippen LogP contribution in [0.1, 0.15) is 12.4 Å².